The summed E-state index contributed by atoms with van der Waals surface area (Å²) in [6.07, 6.45) is 0. The number of carbonyl (C=O) groups excluding carboxylic acids is 1. The van der Waals surface area contributed by atoms with Crippen LogP contribution in [-0.4, -0.2) is 5.91 Å². The molecule has 1 N–H and O–H groups in total. The molecule has 0 atom stereocenters. The lowest BCUT2D eigenvalue weighted by molar-refractivity contribution is 0.102. The Bertz CT molecular complexity index is 651. The summed E-state index contributed by atoms with van der Waals surface area (Å²) in [4.78, 5) is 12.8. The van der Waals surface area contributed by atoms with E-state index >= 15 is 0 Å². The van der Waals surface area contributed by atoms with Gasteiger partial charge < -0.3 is 5.32 Å². The monoisotopic (exact) mass is 359 g/mol. The van der Waals surface area contributed by atoms with Crippen molar-refractivity contribution in [2.75, 3.05) is 5.32 Å². The molecule has 0 fully saturated rings. The van der Waals surface area contributed by atoms with E-state index in [1.807, 2.05) is 0 Å². The van der Waals surface area contributed by atoms with Gasteiger partial charge in [-0.15, -0.1) is 12.6 Å². The number of benzene rings is 2. The van der Waals surface area contributed by atoms with Crippen molar-refractivity contribution < 1.29 is 9.18 Å². The number of hydrogen-bond acceptors (Lipinski definition) is 2. The van der Waals surface area contributed by atoms with Crippen LogP contribution in [0.3, 0.4) is 0 Å². The number of rotatable bonds is 2. The summed E-state index contributed by atoms with van der Waals surface area (Å²) < 4.78 is 13.6. The number of carbonyl (C=O) groups is 1. The Morgan fingerprint density at radius 2 is 2.00 bits per heavy atom. The van der Waals surface area contributed by atoms with E-state index in [0.29, 0.717) is 20.6 Å². The summed E-state index contributed by atoms with van der Waals surface area (Å²) in [5, 5.41) is 2.77. The first-order valence-corrected chi connectivity index (χ1v) is 6.84. The summed E-state index contributed by atoms with van der Waals surface area (Å²) in [7, 11) is 0. The number of anilines is 1. The summed E-state index contributed by atoms with van der Waals surface area (Å²) in [6.45, 7) is 0. The maximum atomic E-state index is 12.9. The van der Waals surface area contributed by atoms with Gasteiger partial charge in [-0.3, -0.25) is 4.79 Å². The zero-order valence-electron chi connectivity index (χ0n) is 9.45. The van der Waals surface area contributed by atoms with Gasteiger partial charge in [-0.25, -0.2) is 4.39 Å². The zero-order chi connectivity index (χ0) is 14.0. The molecule has 0 radical (unpaired) electrons. The third-order valence-electron chi connectivity index (χ3n) is 2.37. The van der Waals surface area contributed by atoms with Crippen molar-refractivity contribution >= 4 is 51.8 Å². The van der Waals surface area contributed by atoms with E-state index in [1.165, 1.54) is 12.1 Å². The summed E-state index contributed by atoms with van der Waals surface area (Å²) in [5.41, 5.74) is 0.775. The fraction of sp³-hybridized carbons (Fsp3) is 0. The first kappa shape index (κ1) is 14.4. The molecule has 0 saturated carbocycles. The van der Waals surface area contributed by atoms with Gasteiger partial charge in [-0.1, -0.05) is 11.6 Å². The average molecular weight is 361 g/mol. The molecule has 0 bridgehead atoms. The molecule has 0 aliphatic rings. The number of halogens is 3. The third-order valence-corrected chi connectivity index (χ3v) is 3.66. The van der Waals surface area contributed by atoms with Crippen LogP contribution in [0.2, 0.25) is 5.02 Å². The standard InChI is InChI=1S/C13H8BrClFNOS/c14-10-3-2-8(19)6-9(10)13(18)17-12-4-1-7(16)5-11(12)15/h1-6,19H,(H,17,18). The molecule has 0 heterocycles. The SMILES string of the molecule is O=C(Nc1ccc(F)cc1Cl)c1cc(S)ccc1Br. The molecule has 1 amide bonds. The lowest BCUT2D eigenvalue weighted by Crippen LogP contribution is -2.13. The molecule has 6 heteroatoms. The Labute approximate surface area is 128 Å². The minimum atomic E-state index is -0.457. The summed E-state index contributed by atoms with van der Waals surface area (Å²) >= 11 is 13.3. The van der Waals surface area contributed by atoms with Gasteiger partial charge in [0.15, 0.2) is 0 Å². The van der Waals surface area contributed by atoms with Gasteiger partial charge in [0.1, 0.15) is 5.82 Å². The highest BCUT2D eigenvalue weighted by Gasteiger charge is 2.12. The van der Waals surface area contributed by atoms with Crippen LogP contribution in [0.1, 0.15) is 10.4 Å². The Morgan fingerprint density at radius 3 is 2.68 bits per heavy atom. The van der Waals surface area contributed by atoms with Crippen molar-refractivity contribution in [1.82, 2.24) is 0 Å². The number of thiol groups is 1. The average Bonchev–Trinajstić information content (AvgIpc) is 2.35. The molecule has 2 aromatic carbocycles. The number of hydrogen-bond donors (Lipinski definition) is 2. The van der Waals surface area contributed by atoms with Crippen LogP contribution in [0.5, 0.6) is 0 Å². The predicted octanol–water partition coefficient (Wildman–Crippen LogP) is 4.78. The number of nitrogens with one attached hydrogen (secondary N) is 1. The fourth-order valence-electron chi connectivity index (χ4n) is 1.47. The number of amides is 1. The molecule has 0 unspecified atom stereocenters. The summed E-state index contributed by atoms with van der Waals surface area (Å²) in [6, 6.07) is 8.89. The van der Waals surface area contributed by atoms with E-state index in [-0.39, 0.29) is 10.9 Å². The van der Waals surface area contributed by atoms with Gasteiger partial charge in [0.25, 0.3) is 5.91 Å². The van der Waals surface area contributed by atoms with Crippen molar-refractivity contribution in [3.8, 4) is 0 Å². The van der Waals surface area contributed by atoms with Crippen LogP contribution < -0.4 is 5.32 Å². The van der Waals surface area contributed by atoms with E-state index in [1.54, 1.807) is 18.2 Å². The first-order chi connectivity index (χ1) is 8.97. The second kappa shape index (κ2) is 5.94. The molecule has 2 rings (SSSR count). The highest BCUT2D eigenvalue weighted by atomic mass is 79.9. The molecular formula is C13H8BrClFNOS. The van der Waals surface area contributed by atoms with Crippen LogP contribution in [-0.2, 0) is 0 Å². The van der Waals surface area contributed by atoms with Crippen molar-refractivity contribution in [3.63, 3.8) is 0 Å². The molecule has 0 aliphatic carbocycles. The van der Waals surface area contributed by atoms with Gasteiger partial charge >= 0.3 is 0 Å². The Kier molecular flexibility index (Phi) is 4.50. The molecule has 0 spiro atoms. The summed E-state index contributed by atoms with van der Waals surface area (Å²) in [5.74, 6) is -0.808. The minimum Gasteiger partial charge on any atom is -0.321 e. The van der Waals surface area contributed by atoms with Crippen LogP contribution in [0, 0.1) is 5.82 Å². The first-order valence-electron chi connectivity index (χ1n) is 5.22. The maximum Gasteiger partial charge on any atom is 0.256 e. The quantitative estimate of drug-likeness (QED) is 0.741. The van der Waals surface area contributed by atoms with Crippen LogP contribution in [0.15, 0.2) is 45.8 Å². The van der Waals surface area contributed by atoms with Crippen molar-refractivity contribution in [2.24, 2.45) is 0 Å². The van der Waals surface area contributed by atoms with Crippen molar-refractivity contribution in [1.29, 1.82) is 0 Å². The zero-order valence-corrected chi connectivity index (χ0v) is 12.7. The minimum absolute atomic E-state index is 0.145. The predicted molar refractivity (Wildman–Crippen MR) is 80.8 cm³/mol. The van der Waals surface area contributed by atoms with Crippen molar-refractivity contribution in [3.05, 3.63) is 57.3 Å². The van der Waals surface area contributed by atoms with Gasteiger partial charge in [-0.05, 0) is 52.3 Å². The molecule has 2 aromatic rings. The topological polar surface area (TPSA) is 29.1 Å². The fourth-order valence-corrected chi connectivity index (χ4v) is 2.31. The van der Waals surface area contributed by atoms with Crippen LogP contribution in [0.4, 0.5) is 10.1 Å². The maximum absolute atomic E-state index is 12.9. The van der Waals surface area contributed by atoms with E-state index in [9.17, 15) is 9.18 Å². The molecular weight excluding hydrogens is 353 g/mol. The van der Waals surface area contributed by atoms with Crippen molar-refractivity contribution in [2.45, 2.75) is 4.90 Å². The Hall–Kier alpha value is -1.04. The molecule has 0 saturated heterocycles. The van der Waals surface area contributed by atoms with E-state index in [2.05, 4.69) is 33.9 Å². The molecule has 2 nitrogen and oxygen atoms in total. The highest BCUT2D eigenvalue weighted by Crippen LogP contribution is 2.25. The van der Waals surface area contributed by atoms with Gasteiger partial charge in [0, 0.05) is 9.37 Å². The van der Waals surface area contributed by atoms with Gasteiger partial charge in [-0.2, -0.15) is 0 Å². The Morgan fingerprint density at radius 1 is 1.26 bits per heavy atom. The second-order valence-corrected chi connectivity index (χ2v) is 5.52. The van der Waals surface area contributed by atoms with E-state index in [4.69, 9.17) is 11.6 Å². The van der Waals surface area contributed by atoms with Gasteiger partial charge in [0.2, 0.25) is 0 Å². The molecule has 0 aliphatic heterocycles. The van der Waals surface area contributed by atoms with Crippen LogP contribution in [0.25, 0.3) is 0 Å². The third kappa shape index (κ3) is 3.49. The lowest BCUT2D eigenvalue weighted by atomic mass is 10.2. The van der Waals surface area contributed by atoms with Gasteiger partial charge in [0.05, 0.1) is 16.3 Å². The lowest BCUT2D eigenvalue weighted by Gasteiger charge is -2.09. The molecule has 98 valence electrons. The molecule has 19 heavy (non-hydrogen) atoms. The Balaban J connectivity index is 2.28. The van der Waals surface area contributed by atoms with E-state index < -0.39 is 5.82 Å². The largest absolute Gasteiger partial charge is 0.321 e. The van der Waals surface area contributed by atoms with E-state index in [0.717, 1.165) is 6.07 Å². The molecule has 0 aromatic heterocycles. The normalized spacial score (nSPS) is 10.3. The smallest absolute Gasteiger partial charge is 0.256 e. The van der Waals surface area contributed by atoms with Crippen LogP contribution >= 0.6 is 40.2 Å². The second-order valence-electron chi connectivity index (χ2n) is 3.74. The highest BCUT2D eigenvalue weighted by molar-refractivity contribution is 9.10.